The van der Waals surface area contributed by atoms with Gasteiger partial charge in [-0.1, -0.05) is 11.3 Å². The highest BCUT2D eigenvalue weighted by molar-refractivity contribution is 7.15. The van der Waals surface area contributed by atoms with E-state index in [0.29, 0.717) is 0 Å². The van der Waals surface area contributed by atoms with Crippen LogP contribution in [-0.2, 0) is 4.74 Å². The van der Waals surface area contributed by atoms with E-state index in [1.165, 1.54) is 0 Å². The van der Waals surface area contributed by atoms with Gasteiger partial charge < -0.3 is 14.7 Å². The van der Waals surface area contributed by atoms with E-state index in [2.05, 4.69) is 23.7 Å². The Balaban J connectivity index is 2.11. The molecule has 0 radical (unpaired) electrons. The van der Waals surface area contributed by atoms with Gasteiger partial charge in [-0.05, 0) is 20.8 Å². The highest BCUT2D eigenvalue weighted by Crippen LogP contribution is 2.29. The van der Waals surface area contributed by atoms with E-state index in [4.69, 9.17) is 4.74 Å². The minimum absolute atomic E-state index is 0.116. The highest BCUT2D eigenvalue weighted by atomic mass is 32.1. The number of hydrogen-bond acceptors (Lipinski definition) is 5. The molecule has 1 fully saturated rings. The maximum absolute atomic E-state index is 9.47. The minimum atomic E-state index is -0.430. The highest BCUT2D eigenvalue weighted by Gasteiger charge is 2.28. The first-order valence-corrected chi connectivity index (χ1v) is 6.32. The van der Waals surface area contributed by atoms with Gasteiger partial charge in [0.25, 0.3) is 0 Å². The molecule has 0 bridgehead atoms. The monoisotopic (exact) mass is 242 g/mol. The van der Waals surface area contributed by atoms with Crippen LogP contribution < -0.4 is 4.90 Å². The second-order valence-corrected chi connectivity index (χ2v) is 5.79. The van der Waals surface area contributed by atoms with Crippen molar-refractivity contribution in [1.82, 2.24) is 4.98 Å². The molecular formula is C11H18N2O2S. The van der Waals surface area contributed by atoms with Gasteiger partial charge in [-0.25, -0.2) is 4.98 Å². The summed E-state index contributed by atoms with van der Waals surface area (Å²) in [6.45, 7) is 8.39. The lowest BCUT2D eigenvalue weighted by Crippen LogP contribution is -2.48. The van der Waals surface area contributed by atoms with Crippen molar-refractivity contribution < 1.29 is 9.84 Å². The second kappa shape index (κ2) is 4.31. The van der Waals surface area contributed by atoms with Gasteiger partial charge in [0.05, 0.1) is 23.2 Å². The van der Waals surface area contributed by atoms with Crippen LogP contribution in [0.3, 0.4) is 0 Å². The Labute approximate surface area is 99.9 Å². The normalized spacial score (nSPS) is 22.1. The predicted molar refractivity (Wildman–Crippen MR) is 65.0 cm³/mol. The average molecular weight is 242 g/mol. The number of aromatic nitrogens is 1. The Bertz CT molecular complexity index is 363. The molecule has 0 amide bonds. The molecule has 5 heteroatoms. The van der Waals surface area contributed by atoms with E-state index >= 15 is 0 Å². The first-order chi connectivity index (χ1) is 7.48. The van der Waals surface area contributed by atoms with E-state index in [-0.39, 0.29) is 5.60 Å². The number of aliphatic hydroxyl groups excluding tert-OH is 1. The largest absolute Gasteiger partial charge is 0.388 e. The summed E-state index contributed by atoms with van der Waals surface area (Å²) in [6.07, 6.45) is 1.33. The number of anilines is 1. The maximum Gasteiger partial charge on any atom is 0.185 e. The van der Waals surface area contributed by atoms with Crippen molar-refractivity contribution in [2.45, 2.75) is 32.5 Å². The van der Waals surface area contributed by atoms with E-state index in [1.807, 2.05) is 0 Å². The molecule has 16 heavy (non-hydrogen) atoms. The smallest absolute Gasteiger partial charge is 0.185 e. The minimum Gasteiger partial charge on any atom is -0.388 e. The van der Waals surface area contributed by atoms with Gasteiger partial charge in [-0.2, -0.15) is 0 Å². The number of thiazole rings is 1. The summed E-state index contributed by atoms with van der Waals surface area (Å²) in [6, 6.07) is 0. The topological polar surface area (TPSA) is 45.6 Å². The number of ether oxygens (including phenoxy) is 1. The number of rotatable bonds is 2. The van der Waals surface area contributed by atoms with Crippen LogP contribution in [0, 0.1) is 0 Å². The van der Waals surface area contributed by atoms with Crippen LogP contribution in [0.2, 0.25) is 0 Å². The molecule has 1 aliphatic rings. The first-order valence-electron chi connectivity index (χ1n) is 5.51. The van der Waals surface area contributed by atoms with Crippen LogP contribution in [0.4, 0.5) is 5.13 Å². The maximum atomic E-state index is 9.47. The molecule has 0 aliphatic carbocycles. The predicted octanol–water partition coefficient (Wildman–Crippen LogP) is 1.81. The Morgan fingerprint density at radius 2 is 2.38 bits per heavy atom. The summed E-state index contributed by atoms with van der Waals surface area (Å²) >= 11 is 1.56. The zero-order valence-corrected chi connectivity index (χ0v) is 10.8. The summed E-state index contributed by atoms with van der Waals surface area (Å²) in [5.41, 5.74) is -0.116. The van der Waals surface area contributed by atoms with Gasteiger partial charge >= 0.3 is 0 Å². The van der Waals surface area contributed by atoms with Crippen molar-refractivity contribution in [1.29, 1.82) is 0 Å². The van der Waals surface area contributed by atoms with Crippen LogP contribution in [0.25, 0.3) is 0 Å². The third-order valence-electron chi connectivity index (χ3n) is 2.62. The molecule has 1 N–H and O–H groups in total. The summed E-state index contributed by atoms with van der Waals surface area (Å²) < 4.78 is 5.66. The Kier molecular flexibility index (Phi) is 3.19. The SMILES string of the molecule is CC(O)c1cnc(N2CCOC(C)(C)C2)s1. The quantitative estimate of drug-likeness (QED) is 0.859. The number of aliphatic hydroxyl groups is 1. The Morgan fingerprint density at radius 3 is 2.94 bits per heavy atom. The second-order valence-electron chi connectivity index (χ2n) is 4.75. The zero-order chi connectivity index (χ0) is 11.8. The zero-order valence-electron chi connectivity index (χ0n) is 9.93. The molecule has 90 valence electrons. The molecule has 1 unspecified atom stereocenters. The summed E-state index contributed by atoms with van der Waals surface area (Å²) in [4.78, 5) is 7.49. The Morgan fingerprint density at radius 1 is 1.62 bits per heavy atom. The molecular weight excluding hydrogens is 224 g/mol. The lowest BCUT2D eigenvalue weighted by Gasteiger charge is -2.37. The van der Waals surface area contributed by atoms with Crippen molar-refractivity contribution >= 4 is 16.5 Å². The summed E-state index contributed by atoms with van der Waals surface area (Å²) in [5, 5.41) is 10.4. The summed E-state index contributed by atoms with van der Waals surface area (Å²) in [7, 11) is 0. The molecule has 0 spiro atoms. The van der Waals surface area contributed by atoms with Crippen molar-refractivity contribution in [3.05, 3.63) is 11.1 Å². The molecule has 1 atom stereocenters. The van der Waals surface area contributed by atoms with Crippen molar-refractivity contribution in [2.75, 3.05) is 24.6 Å². The van der Waals surface area contributed by atoms with Crippen molar-refractivity contribution in [3.8, 4) is 0 Å². The summed E-state index contributed by atoms with van der Waals surface area (Å²) in [5.74, 6) is 0. The molecule has 2 rings (SSSR count). The fourth-order valence-corrected chi connectivity index (χ4v) is 2.67. The molecule has 4 nitrogen and oxygen atoms in total. The molecule has 0 saturated carbocycles. The lowest BCUT2D eigenvalue weighted by atomic mass is 10.1. The molecule has 1 aromatic rings. The van der Waals surface area contributed by atoms with Crippen LogP contribution >= 0.6 is 11.3 Å². The average Bonchev–Trinajstić information content (AvgIpc) is 2.64. The standard InChI is InChI=1S/C11H18N2O2S/c1-8(14)9-6-12-10(16-9)13-4-5-15-11(2,3)7-13/h6,8,14H,4-5,7H2,1-3H3. The molecule has 2 heterocycles. The number of nitrogens with zero attached hydrogens (tertiary/aromatic N) is 2. The molecule has 1 aliphatic heterocycles. The van der Waals surface area contributed by atoms with Crippen LogP contribution in [0.15, 0.2) is 6.20 Å². The first kappa shape index (κ1) is 11.8. The van der Waals surface area contributed by atoms with Gasteiger partial charge in [-0.3, -0.25) is 0 Å². The van der Waals surface area contributed by atoms with Crippen LogP contribution in [0.5, 0.6) is 0 Å². The number of morpholine rings is 1. The molecule has 1 saturated heterocycles. The molecule has 1 aromatic heterocycles. The van der Waals surface area contributed by atoms with E-state index in [1.54, 1.807) is 24.5 Å². The van der Waals surface area contributed by atoms with Gasteiger partial charge in [0.15, 0.2) is 5.13 Å². The third-order valence-corrected chi connectivity index (χ3v) is 3.85. The van der Waals surface area contributed by atoms with Crippen molar-refractivity contribution in [3.63, 3.8) is 0 Å². The van der Waals surface area contributed by atoms with E-state index in [9.17, 15) is 5.11 Å². The molecule has 0 aromatic carbocycles. The van der Waals surface area contributed by atoms with Crippen molar-refractivity contribution in [2.24, 2.45) is 0 Å². The Hall–Kier alpha value is -0.650. The van der Waals surface area contributed by atoms with Gasteiger partial charge in [0.2, 0.25) is 0 Å². The van der Waals surface area contributed by atoms with Gasteiger partial charge in [0.1, 0.15) is 0 Å². The van der Waals surface area contributed by atoms with Gasteiger partial charge in [-0.15, -0.1) is 0 Å². The lowest BCUT2D eigenvalue weighted by molar-refractivity contribution is -0.0277. The third kappa shape index (κ3) is 2.53. The fourth-order valence-electron chi connectivity index (χ4n) is 1.80. The van der Waals surface area contributed by atoms with Crippen LogP contribution in [0.1, 0.15) is 31.8 Å². The van der Waals surface area contributed by atoms with Gasteiger partial charge in [0, 0.05) is 19.3 Å². The van der Waals surface area contributed by atoms with Crippen LogP contribution in [-0.4, -0.2) is 35.4 Å². The fraction of sp³-hybridized carbons (Fsp3) is 0.727. The number of hydrogen-bond donors (Lipinski definition) is 1. The van der Waals surface area contributed by atoms with E-state index < -0.39 is 6.10 Å². The van der Waals surface area contributed by atoms with E-state index in [0.717, 1.165) is 29.7 Å².